The van der Waals surface area contributed by atoms with Gasteiger partial charge in [0.1, 0.15) is 16.8 Å². The third-order valence-corrected chi connectivity index (χ3v) is 6.52. The normalized spacial score (nSPS) is 11.8. The average molecular weight is 463 g/mol. The Morgan fingerprint density at radius 3 is 2.25 bits per heavy atom. The van der Waals surface area contributed by atoms with Crippen molar-refractivity contribution in [3.63, 3.8) is 0 Å². The Hall–Kier alpha value is -3.40. The summed E-state index contributed by atoms with van der Waals surface area (Å²) in [5.41, 5.74) is 0.871. The molecule has 0 heterocycles. The Balaban J connectivity index is 2.07. The number of hydrogen-bond donors (Lipinski definition) is 2. The molecule has 0 saturated heterocycles. The van der Waals surface area contributed by atoms with E-state index in [1.807, 2.05) is 0 Å². The fourth-order valence-corrected chi connectivity index (χ4v) is 4.45. The molecule has 0 spiro atoms. The van der Waals surface area contributed by atoms with Crippen LogP contribution >= 0.6 is 0 Å². The Morgan fingerprint density at radius 2 is 1.66 bits per heavy atom. The molecule has 2 aromatic carbocycles. The van der Waals surface area contributed by atoms with Crippen LogP contribution in [0.25, 0.3) is 0 Å². The van der Waals surface area contributed by atoms with Gasteiger partial charge in [0.2, 0.25) is 11.8 Å². The lowest BCUT2D eigenvalue weighted by Crippen LogP contribution is -2.39. The van der Waals surface area contributed by atoms with Crippen LogP contribution in [0.15, 0.2) is 48.5 Å². The molecule has 9 nitrogen and oxygen atoms in total. The molecule has 2 amide bonds. The van der Waals surface area contributed by atoms with Crippen LogP contribution in [0.2, 0.25) is 0 Å². The van der Waals surface area contributed by atoms with Gasteiger partial charge in [-0.15, -0.1) is 0 Å². The molecular formula is C22H26N2O7S. The number of ether oxygens (including phenoxy) is 2. The summed E-state index contributed by atoms with van der Waals surface area (Å²) in [6.45, 7) is 3.41. The fraction of sp³-hybridized carbons (Fsp3) is 0.318. The molecule has 0 radical (unpaired) electrons. The fourth-order valence-electron chi connectivity index (χ4n) is 2.92. The molecule has 0 aromatic heterocycles. The first-order valence-electron chi connectivity index (χ1n) is 9.93. The number of sulfone groups is 1. The number of rotatable bonds is 10. The van der Waals surface area contributed by atoms with E-state index in [9.17, 15) is 22.8 Å². The van der Waals surface area contributed by atoms with Crippen LogP contribution in [0.4, 0.5) is 11.4 Å². The molecule has 0 aliphatic heterocycles. The van der Waals surface area contributed by atoms with Gasteiger partial charge in [-0.05, 0) is 55.8 Å². The minimum atomic E-state index is -4.10. The Bertz CT molecular complexity index is 1070. The third-order valence-electron chi connectivity index (χ3n) is 4.44. The molecular weight excluding hydrogens is 436 g/mol. The van der Waals surface area contributed by atoms with Crippen molar-refractivity contribution in [3.8, 4) is 5.75 Å². The van der Waals surface area contributed by atoms with Crippen molar-refractivity contribution in [1.29, 1.82) is 0 Å². The molecule has 2 N–H and O–H groups in total. The molecule has 10 heteroatoms. The lowest BCUT2D eigenvalue weighted by molar-refractivity contribution is -0.115. The van der Waals surface area contributed by atoms with Crippen molar-refractivity contribution in [3.05, 3.63) is 54.1 Å². The smallest absolute Gasteiger partial charge is 0.338 e. The molecule has 2 aromatic rings. The first-order chi connectivity index (χ1) is 15.2. The molecule has 32 heavy (non-hydrogen) atoms. The van der Waals surface area contributed by atoms with Gasteiger partial charge in [-0.1, -0.05) is 13.0 Å². The van der Waals surface area contributed by atoms with E-state index in [1.165, 1.54) is 32.2 Å². The number of nitrogens with one attached hydrogen (secondary N) is 2. The van der Waals surface area contributed by atoms with Crippen molar-refractivity contribution in [2.24, 2.45) is 0 Å². The molecule has 1 unspecified atom stereocenters. The quantitative estimate of drug-likeness (QED) is 0.520. The van der Waals surface area contributed by atoms with Crippen LogP contribution in [-0.2, 0) is 24.2 Å². The van der Waals surface area contributed by atoms with Crippen LogP contribution in [0.1, 0.15) is 30.6 Å². The second-order valence-electron chi connectivity index (χ2n) is 6.77. The molecule has 0 saturated carbocycles. The second-order valence-corrected chi connectivity index (χ2v) is 8.95. The van der Waals surface area contributed by atoms with Gasteiger partial charge >= 0.3 is 5.97 Å². The number of carbonyl (C=O) groups is 3. The topological polar surface area (TPSA) is 128 Å². The summed E-state index contributed by atoms with van der Waals surface area (Å²) in [6.07, 6.45) is -0.0262. The van der Waals surface area contributed by atoms with Gasteiger partial charge in [0.25, 0.3) is 0 Å². The van der Waals surface area contributed by atoms with Crippen LogP contribution in [0.3, 0.4) is 0 Å². The Morgan fingerprint density at radius 1 is 0.969 bits per heavy atom. The number of methoxy groups -OCH3 is 1. The van der Waals surface area contributed by atoms with Crippen LogP contribution in [-0.4, -0.2) is 50.9 Å². The number of esters is 1. The zero-order valence-corrected chi connectivity index (χ0v) is 18.9. The van der Waals surface area contributed by atoms with Gasteiger partial charge in [-0.25, -0.2) is 13.2 Å². The van der Waals surface area contributed by atoms with E-state index in [-0.39, 0.29) is 24.3 Å². The summed E-state index contributed by atoms with van der Waals surface area (Å²) < 4.78 is 35.4. The van der Waals surface area contributed by atoms with Crippen molar-refractivity contribution < 1.29 is 32.3 Å². The second kappa shape index (κ2) is 11.3. The first-order valence-corrected chi connectivity index (χ1v) is 11.6. The summed E-state index contributed by atoms with van der Waals surface area (Å²) >= 11 is 0. The number of amides is 2. The summed E-state index contributed by atoms with van der Waals surface area (Å²) in [4.78, 5) is 36.8. The van der Waals surface area contributed by atoms with Crippen LogP contribution in [0.5, 0.6) is 5.75 Å². The predicted molar refractivity (Wildman–Crippen MR) is 121 cm³/mol. The van der Waals surface area contributed by atoms with Gasteiger partial charge in [0.15, 0.2) is 9.84 Å². The van der Waals surface area contributed by atoms with Crippen molar-refractivity contribution in [1.82, 2.24) is 0 Å². The van der Waals surface area contributed by atoms with Gasteiger partial charge in [0.05, 0.1) is 19.3 Å². The summed E-state index contributed by atoms with van der Waals surface area (Å²) in [6, 6.07) is 12.4. The predicted octanol–water partition coefficient (Wildman–Crippen LogP) is 2.64. The highest BCUT2D eigenvalue weighted by molar-refractivity contribution is 7.93. The Labute approximate surface area is 187 Å². The lowest BCUT2D eigenvalue weighted by Gasteiger charge is -2.16. The van der Waals surface area contributed by atoms with Crippen LogP contribution < -0.4 is 15.4 Å². The maximum absolute atomic E-state index is 12.7. The minimum Gasteiger partial charge on any atom is -0.497 e. The highest BCUT2D eigenvalue weighted by Crippen LogP contribution is 2.17. The van der Waals surface area contributed by atoms with E-state index in [0.717, 1.165) is 0 Å². The summed E-state index contributed by atoms with van der Waals surface area (Å²) in [7, 11) is -2.60. The zero-order valence-electron chi connectivity index (χ0n) is 18.1. The van der Waals surface area contributed by atoms with E-state index in [1.54, 1.807) is 37.3 Å². The molecule has 0 aliphatic carbocycles. The van der Waals surface area contributed by atoms with E-state index in [4.69, 9.17) is 9.47 Å². The molecule has 1 atom stereocenters. The minimum absolute atomic E-state index is 0.0262. The zero-order chi connectivity index (χ0) is 23.7. The van der Waals surface area contributed by atoms with Crippen molar-refractivity contribution in [2.75, 3.05) is 30.1 Å². The van der Waals surface area contributed by atoms with E-state index in [0.29, 0.717) is 11.4 Å². The lowest BCUT2D eigenvalue weighted by atomic mass is 10.2. The van der Waals surface area contributed by atoms with E-state index in [2.05, 4.69) is 10.6 Å². The monoisotopic (exact) mass is 462 g/mol. The summed E-state index contributed by atoms with van der Waals surface area (Å²) in [5, 5.41) is 3.56. The highest BCUT2D eigenvalue weighted by Gasteiger charge is 2.33. The molecule has 0 aliphatic rings. The van der Waals surface area contributed by atoms with E-state index < -0.39 is 38.6 Å². The van der Waals surface area contributed by atoms with Crippen molar-refractivity contribution in [2.45, 2.75) is 25.5 Å². The highest BCUT2D eigenvalue weighted by atomic mass is 32.2. The first kappa shape index (κ1) is 24.9. The standard InChI is InChI=1S/C22H26N2O7S/c1-4-19(21(26)24-17-8-6-7-15(13-17)22(27)31-5-2)32(28,29)14-20(25)23-16-9-11-18(30-3)12-10-16/h6-13,19H,4-5,14H2,1-3H3,(H,23,25)(H,24,26). The van der Waals surface area contributed by atoms with Crippen molar-refractivity contribution >= 4 is 39.0 Å². The van der Waals surface area contributed by atoms with Gasteiger partial charge < -0.3 is 20.1 Å². The molecule has 0 fully saturated rings. The number of carbonyl (C=O) groups excluding carboxylic acids is 3. The van der Waals surface area contributed by atoms with Gasteiger partial charge in [0, 0.05) is 11.4 Å². The molecule has 2 rings (SSSR count). The van der Waals surface area contributed by atoms with E-state index >= 15 is 0 Å². The Kier molecular flexibility index (Phi) is 8.77. The number of anilines is 2. The maximum atomic E-state index is 12.7. The SMILES string of the molecule is CCOC(=O)c1cccc(NC(=O)C(CC)S(=O)(=O)CC(=O)Nc2ccc(OC)cc2)c1. The maximum Gasteiger partial charge on any atom is 0.338 e. The molecule has 0 bridgehead atoms. The largest absolute Gasteiger partial charge is 0.497 e. The van der Waals surface area contributed by atoms with Gasteiger partial charge in [-0.3, -0.25) is 9.59 Å². The van der Waals surface area contributed by atoms with Gasteiger partial charge in [-0.2, -0.15) is 0 Å². The third kappa shape index (κ3) is 6.81. The number of benzene rings is 2. The summed E-state index contributed by atoms with van der Waals surface area (Å²) in [5.74, 6) is -2.37. The molecule has 172 valence electrons. The van der Waals surface area contributed by atoms with Crippen LogP contribution in [0, 0.1) is 0 Å². The average Bonchev–Trinajstić information content (AvgIpc) is 2.74. The number of hydrogen-bond acceptors (Lipinski definition) is 7.